The predicted molar refractivity (Wildman–Crippen MR) is 120 cm³/mol. The molecule has 27 heavy (non-hydrogen) atoms. The van der Waals surface area contributed by atoms with Crippen molar-refractivity contribution in [2.45, 2.75) is 31.2 Å². The van der Waals surface area contributed by atoms with Crippen LogP contribution >= 0.6 is 35.6 Å². The maximum Gasteiger partial charge on any atom is 0.193 e. The average Bonchev–Trinajstić information content (AvgIpc) is 2.82. The molecule has 4 rings (SSSR count). The number of hydrogen-bond donors (Lipinski definition) is 2. The second-order valence-electron chi connectivity index (χ2n) is 6.73. The highest BCUT2D eigenvalue weighted by atomic mass is 127. The van der Waals surface area contributed by atoms with Gasteiger partial charge in [-0.1, -0.05) is 23.7 Å². The lowest BCUT2D eigenvalue weighted by atomic mass is 9.76. The Bertz CT molecular complexity index is 825. The van der Waals surface area contributed by atoms with E-state index >= 15 is 0 Å². The minimum Gasteiger partial charge on any atom is -0.490 e. The highest BCUT2D eigenvalue weighted by molar-refractivity contribution is 14.0. The van der Waals surface area contributed by atoms with Crippen LogP contribution in [0.5, 0.6) is 11.5 Å². The molecule has 3 N–H and O–H groups in total. The summed E-state index contributed by atoms with van der Waals surface area (Å²) in [5.74, 6) is 2.44. The zero-order valence-corrected chi connectivity index (χ0v) is 17.9. The van der Waals surface area contributed by atoms with Crippen LogP contribution in [-0.4, -0.2) is 25.2 Å². The number of nitrogens with zero attached hydrogens (tertiary/aromatic N) is 1. The first-order valence-electron chi connectivity index (χ1n) is 8.93. The van der Waals surface area contributed by atoms with Crippen LogP contribution in [0.15, 0.2) is 47.5 Å². The summed E-state index contributed by atoms with van der Waals surface area (Å²) >= 11 is 6.06. The van der Waals surface area contributed by atoms with Gasteiger partial charge in [-0.25, -0.2) is 4.99 Å². The van der Waals surface area contributed by atoms with E-state index in [2.05, 4.69) is 16.4 Å². The smallest absolute Gasteiger partial charge is 0.193 e. The Morgan fingerprint density at radius 1 is 1.07 bits per heavy atom. The van der Waals surface area contributed by atoms with Crippen molar-refractivity contribution in [2.24, 2.45) is 10.7 Å². The second kappa shape index (κ2) is 9.01. The van der Waals surface area contributed by atoms with Gasteiger partial charge in [-0.2, -0.15) is 0 Å². The molecular weight excluding hydrogens is 477 g/mol. The first-order chi connectivity index (χ1) is 12.7. The van der Waals surface area contributed by atoms with Gasteiger partial charge in [-0.3, -0.25) is 0 Å². The predicted octanol–water partition coefficient (Wildman–Crippen LogP) is 4.79. The molecule has 7 heteroatoms. The van der Waals surface area contributed by atoms with E-state index in [0.717, 1.165) is 41.5 Å². The number of aliphatic imine (C=N–C) groups is 1. The van der Waals surface area contributed by atoms with E-state index in [0.29, 0.717) is 25.1 Å². The number of anilines is 1. The van der Waals surface area contributed by atoms with Crippen molar-refractivity contribution in [3.05, 3.63) is 53.1 Å². The first-order valence-corrected chi connectivity index (χ1v) is 9.30. The largest absolute Gasteiger partial charge is 0.490 e. The van der Waals surface area contributed by atoms with E-state index in [1.807, 2.05) is 36.4 Å². The number of ether oxygens (including phenoxy) is 2. The molecule has 0 amide bonds. The Morgan fingerprint density at radius 3 is 2.63 bits per heavy atom. The molecule has 5 nitrogen and oxygen atoms in total. The van der Waals surface area contributed by atoms with E-state index < -0.39 is 0 Å². The molecule has 1 fully saturated rings. The molecule has 1 heterocycles. The van der Waals surface area contributed by atoms with Gasteiger partial charge in [0, 0.05) is 23.2 Å². The van der Waals surface area contributed by atoms with Gasteiger partial charge in [-0.15, -0.1) is 24.0 Å². The lowest BCUT2D eigenvalue weighted by Crippen LogP contribution is -2.31. The van der Waals surface area contributed by atoms with E-state index in [-0.39, 0.29) is 30.0 Å². The summed E-state index contributed by atoms with van der Waals surface area (Å²) in [7, 11) is 0. The summed E-state index contributed by atoms with van der Waals surface area (Å²) in [6.07, 6.45) is 2.87. The van der Waals surface area contributed by atoms with Crippen molar-refractivity contribution in [3.8, 4) is 11.5 Å². The van der Waals surface area contributed by atoms with Gasteiger partial charge in [-0.05, 0) is 48.6 Å². The first kappa shape index (κ1) is 20.1. The molecule has 1 aliphatic heterocycles. The van der Waals surface area contributed by atoms with Crippen LogP contribution in [0.1, 0.15) is 30.7 Å². The van der Waals surface area contributed by atoms with E-state index in [1.54, 1.807) is 0 Å². The molecule has 1 saturated carbocycles. The zero-order chi connectivity index (χ0) is 17.9. The third-order valence-electron chi connectivity index (χ3n) is 4.77. The quantitative estimate of drug-likeness (QED) is 0.362. The molecule has 0 spiro atoms. The van der Waals surface area contributed by atoms with Crippen LogP contribution in [-0.2, 0) is 0 Å². The molecular formula is C20H23ClIN3O2. The van der Waals surface area contributed by atoms with Gasteiger partial charge < -0.3 is 20.5 Å². The van der Waals surface area contributed by atoms with Gasteiger partial charge in [0.15, 0.2) is 17.5 Å². The highest BCUT2D eigenvalue weighted by Crippen LogP contribution is 2.39. The monoisotopic (exact) mass is 499 g/mol. The maximum atomic E-state index is 6.08. The number of guanidine groups is 1. The number of nitrogens with two attached hydrogens (primary N) is 1. The topological polar surface area (TPSA) is 68.9 Å². The third kappa shape index (κ3) is 4.99. The molecule has 0 bridgehead atoms. The summed E-state index contributed by atoms with van der Waals surface area (Å²) in [4.78, 5) is 4.58. The summed E-state index contributed by atoms with van der Waals surface area (Å²) in [6.45, 7) is 1.34. The number of nitrogens with one attached hydrogen (secondary N) is 1. The fraction of sp³-hybridized carbons (Fsp3) is 0.350. The van der Waals surface area contributed by atoms with Crippen molar-refractivity contribution in [2.75, 3.05) is 18.5 Å². The zero-order valence-electron chi connectivity index (χ0n) is 14.9. The molecule has 0 radical (unpaired) electrons. The number of halogens is 2. The molecule has 0 aromatic heterocycles. The molecule has 144 valence electrons. The number of benzene rings is 2. The Kier molecular flexibility index (Phi) is 6.70. The van der Waals surface area contributed by atoms with Gasteiger partial charge in [0.2, 0.25) is 0 Å². The molecule has 2 aromatic rings. The van der Waals surface area contributed by atoms with Gasteiger partial charge in [0.25, 0.3) is 0 Å². The molecule has 0 saturated heterocycles. The van der Waals surface area contributed by atoms with Crippen molar-refractivity contribution >= 4 is 47.2 Å². The van der Waals surface area contributed by atoms with Crippen LogP contribution in [0.2, 0.25) is 5.02 Å². The molecule has 2 aromatic carbocycles. The number of hydrogen-bond acceptors (Lipinski definition) is 3. The molecule has 0 atom stereocenters. The fourth-order valence-corrected chi connectivity index (χ4v) is 3.54. The van der Waals surface area contributed by atoms with Crippen LogP contribution in [0.25, 0.3) is 0 Å². The maximum absolute atomic E-state index is 6.08. The summed E-state index contributed by atoms with van der Waals surface area (Å²) < 4.78 is 11.3. The SMILES string of the molecule is I.NC(=NC1CC(c2cccc(Cl)c2)C1)Nc1ccc2c(c1)OCCCO2. The van der Waals surface area contributed by atoms with Gasteiger partial charge >= 0.3 is 0 Å². The third-order valence-corrected chi connectivity index (χ3v) is 5.01. The van der Waals surface area contributed by atoms with Crippen LogP contribution in [0, 0.1) is 0 Å². The number of rotatable bonds is 3. The van der Waals surface area contributed by atoms with Crippen molar-refractivity contribution < 1.29 is 9.47 Å². The van der Waals surface area contributed by atoms with E-state index in [9.17, 15) is 0 Å². The van der Waals surface area contributed by atoms with Crippen molar-refractivity contribution in [1.29, 1.82) is 0 Å². The Hall–Kier alpha value is -1.67. The highest BCUT2D eigenvalue weighted by Gasteiger charge is 2.30. The lowest BCUT2D eigenvalue weighted by molar-refractivity contribution is 0.297. The van der Waals surface area contributed by atoms with Gasteiger partial charge in [0.05, 0.1) is 19.3 Å². The summed E-state index contributed by atoms with van der Waals surface area (Å²) in [5.41, 5.74) is 8.20. The van der Waals surface area contributed by atoms with Crippen molar-refractivity contribution in [1.82, 2.24) is 0 Å². The molecule has 2 aliphatic rings. The van der Waals surface area contributed by atoms with E-state index in [4.69, 9.17) is 26.8 Å². The number of fused-ring (bicyclic) bond motifs is 1. The molecule has 1 aliphatic carbocycles. The fourth-order valence-electron chi connectivity index (χ4n) is 3.34. The minimum atomic E-state index is 0. The standard InChI is InChI=1S/C20H22ClN3O2.HI/c21-15-4-1-3-13(9-15)14-10-17(11-14)24-20(22)23-16-5-6-18-19(12-16)26-8-2-7-25-18;/h1,3-6,9,12,14,17H,2,7-8,10-11H2,(H3,22,23,24);1H. The Balaban J connectivity index is 0.00000210. The summed E-state index contributed by atoms with van der Waals surface area (Å²) in [5, 5.41) is 3.93. The lowest BCUT2D eigenvalue weighted by Gasteiger charge is -2.33. The van der Waals surface area contributed by atoms with Gasteiger partial charge in [0.1, 0.15) is 0 Å². The summed E-state index contributed by atoms with van der Waals surface area (Å²) in [6, 6.07) is 14.0. The molecule has 0 unspecified atom stereocenters. The Morgan fingerprint density at radius 2 is 1.85 bits per heavy atom. The normalized spacial score (nSPS) is 21.4. The average molecular weight is 500 g/mol. The Labute approximate surface area is 181 Å². The van der Waals surface area contributed by atoms with Crippen LogP contribution in [0.4, 0.5) is 5.69 Å². The minimum absolute atomic E-state index is 0. The van der Waals surface area contributed by atoms with Crippen LogP contribution in [0.3, 0.4) is 0 Å². The van der Waals surface area contributed by atoms with Crippen molar-refractivity contribution in [3.63, 3.8) is 0 Å². The second-order valence-corrected chi connectivity index (χ2v) is 7.16. The van der Waals surface area contributed by atoms with Crippen LogP contribution < -0.4 is 20.5 Å². The van der Waals surface area contributed by atoms with E-state index in [1.165, 1.54) is 5.56 Å².